The molecular formula is C32H48O5S. The molecule has 6 rings (SSSR count). The number of ether oxygens (including phenoxy) is 2. The summed E-state index contributed by atoms with van der Waals surface area (Å²) in [5.74, 6) is 3.34. The van der Waals surface area contributed by atoms with E-state index in [9.17, 15) is 8.42 Å². The van der Waals surface area contributed by atoms with Crippen molar-refractivity contribution in [2.24, 2.45) is 40.4 Å². The third kappa shape index (κ3) is 4.90. The summed E-state index contributed by atoms with van der Waals surface area (Å²) in [4.78, 5) is 0.271. The van der Waals surface area contributed by atoms with Gasteiger partial charge >= 0.3 is 0 Å². The minimum Gasteiger partial charge on any atom is -0.353 e. The van der Waals surface area contributed by atoms with Gasteiger partial charge in [-0.05, 0) is 137 Å². The fraction of sp³-hybridized carbons (Fsp3) is 0.812. The highest BCUT2D eigenvalue weighted by molar-refractivity contribution is 7.86. The second kappa shape index (κ2) is 10.5. The second-order valence-electron chi connectivity index (χ2n) is 13.9. The number of hydrogen-bond donors (Lipinski definition) is 0. The second-order valence-corrected chi connectivity index (χ2v) is 15.5. The Morgan fingerprint density at radius 1 is 0.895 bits per heavy atom. The van der Waals surface area contributed by atoms with Crippen LogP contribution in [-0.2, 0) is 23.8 Å². The highest BCUT2D eigenvalue weighted by Gasteiger charge is 2.60. The van der Waals surface area contributed by atoms with E-state index in [4.69, 9.17) is 13.7 Å². The molecular weight excluding hydrogens is 496 g/mol. The molecule has 0 N–H and O–H groups in total. The van der Waals surface area contributed by atoms with Crippen LogP contribution in [0.3, 0.4) is 0 Å². The Balaban J connectivity index is 1.09. The quantitative estimate of drug-likeness (QED) is 0.278. The zero-order chi connectivity index (χ0) is 26.5. The van der Waals surface area contributed by atoms with Gasteiger partial charge in [0.05, 0.1) is 17.6 Å². The molecule has 0 unspecified atom stereocenters. The van der Waals surface area contributed by atoms with E-state index in [2.05, 4.69) is 13.8 Å². The monoisotopic (exact) mass is 544 g/mol. The fourth-order valence-electron chi connectivity index (χ4n) is 9.70. The van der Waals surface area contributed by atoms with Gasteiger partial charge in [-0.15, -0.1) is 0 Å². The van der Waals surface area contributed by atoms with Crippen molar-refractivity contribution < 1.29 is 22.1 Å². The maximum absolute atomic E-state index is 12.9. The molecule has 0 aromatic heterocycles. The molecule has 5 aliphatic rings. The van der Waals surface area contributed by atoms with Crippen LogP contribution in [0.5, 0.6) is 0 Å². The Morgan fingerprint density at radius 2 is 1.66 bits per heavy atom. The molecule has 1 aliphatic heterocycles. The van der Waals surface area contributed by atoms with Crippen LogP contribution in [0.4, 0.5) is 0 Å². The molecule has 5 nitrogen and oxygen atoms in total. The number of aryl methyl sites for hydroxylation is 1. The Labute approximate surface area is 230 Å². The van der Waals surface area contributed by atoms with Crippen molar-refractivity contribution in [1.29, 1.82) is 0 Å². The van der Waals surface area contributed by atoms with E-state index < -0.39 is 10.1 Å². The van der Waals surface area contributed by atoms with Crippen LogP contribution in [0.25, 0.3) is 0 Å². The minimum atomic E-state index is -3.71. The Hall–Kier alpha value is -0.950. The number of benzene rings is 1. The zero-order valence-corrected chi connectivity index (χ0v) is 24.5. The van der Waals surface area contributed by atoms with Crippen LogP contribution in [0.1, 0.15) is 96.5 Å². The molecule has 0 spiro atoms. The molecule has 0 bridgehead atoms. The third-order valence-corrected chi connectivity index (χ3v) is 13.3. The average molecular weight is 545 g/mol. The average Bonchev–Trinajstić information content (AvgIpc) is 3.25. The standard InChI is InChI=1S/C32H48O5S/c1-22-7-11-26(12-8-22)38(33,34)36-21-24-10-14-28-27-13-9-23-20-25(37-30-6-4-5-19-35-30)15-17-31(23,2)29(27)16-18-32(24,28)3/h7-8,11-12,23-25,27-30H,4-6,9-10,13-21H2,1-3H3/t23-,24+,25+,27-,28-,29+,30+,31-,32+/m0/s1. The predicted molar refractivity (Wildman–Crippen MR) is 148 cm³/mol. The van der Waals surface area contributed by atoms with E-state index in [1.807, 2.05) is 19.1 Å². The van der Waals surface area contributed by atoms with Crippen LogP contribution in [0.2, 0.25) is 0 Å². The summed E-state index contributed by atoms with van der Waals surface area (Å²) in [7, 11) is -3.71. The van der Waals surface area contributed by atoms with E-state index in [1.165, 1.54) is 64.2 Å². The summed E-state index contributed by atoms with van der Waals surface area (Å²) in [5, 5.41) is 0. The molecule has 212 valence electrons. The van der Waals surface area contributed by atoms with Gasteiger partial charge in [0.2, 0.25) is 0 Å². The van der Waals surface area contributed by atoms with Crippen LogP contribution in [0, 0.1) is 47.3 Å². The molecule has 5 fully saturated rings. The maximum Gasteiger partial charge on any atom is 0.296 e. The Morgan fingerprint density at radius 3 is 2.42 bits per heavy atom. The first-order valence-electron chi connectivity index (χ1n) is 15.4. The van der Waals surface area contributed by atoms with Gasteiger partial charge in [0.1, 0.15) is 0 Å². The molecule has 38 heavy (non-hydrogen) atoms. The first-order valence-corrected chi connectivity index (χ1v) is 16.8. The van der Waals surface area contributed by atoms with Crippen LogP contribution >= 0.6 is 0 Å². The molecule has 4 saturated carbocycles. The van der Waals surface area contributed by atoms with Gasteiger partial charge in [-0.3, -0.25) is 4.18 Å². The highest BCUT2D eigenvalue weighted by Crippen LogP contribution is 2.67. The molecule has 0 radical (unpaired) electrons. The van der Waals surface area contributed by atoms with Gasteiger partial charge in [-0.25, -0.2) is 0 Å². The summed E-state index contributed by atoms with van der Waals surface area (Å²) in [6.07, 6.45) is 14.9. The van der Waals surface area contributed by atoms with Gasteiger partial charge < -0.3 is 9.47 Å². The van der Waals surface area contributed by atoms with Gasteiger partial charge in [0, 0.05) is 6.61 Å². The molecule has 0 amide bonds. The SMILES string of the molecule is Cc1ccc(S(=O)(=O)OC[C@H]2CC[C@H]3[C@@H]4CC[C@H]5C[C@H](O[C@@H]6CCCCO6)CC[C@]5(C)[C@@H]4CC[C@]23C)cc1. The Kier molecular flexibility index (Phi) is 7.50. The molecule has 1 aromatic carbocycles. The lowest BCUT2D eigenvalue weighted by molar-refractivity contribution is -0.212. The lowest BCUT2D eigenvalue weighted by Crippen LogP contribution is -2.54. The van der Waals surface area contributed by atoms with E-state index >= 15 is 0 Å². The van der Waals surface area contributed by atoms with Gasteiger partial charge in [0.25, 0.3) is 10.1 Å². The first kappa shape index (κ1) is 27.2. The minimum absolute atomic E-state index is 0.0253. The molecule has 1 aromatic rings. The summed E-state index contributed by atoms with van der Waals surface area (Å²) in [6, 6.07) is 7.00. The molecule has 1 heterocycles. The summed E-state index contributed by atoms with van der Waals surface area (Å²) < 4.78 is 43.9. The lowest BCUT2D eigenvalue weighted by atomic mass is 9.44. The van der Waals surface area contributed by atoms with Gasteiger partial charge in [0.15, 0.2) is 6.29 Å². The van der Waals surface area contributed by atoms with Gasteiger partial charge in [-0.2, -0.15) is 8.42 Å². The van der Waals surface area contributed by atoms with Crippen molar-refractivity contribution in [2.75, 3.05) is 13.2 Å². The van der Waals surface area contributed by atoms with Crippen molar-refractivity contribution in [3.05, 3.63) is 29.8 Å². The van der Waals surface area contributed by atoms with Crippen LogP contribution in [-0.4, -0.2) is 34.0 Å². The van der Waals surface area contributed by atoms with Crippen molar-refractivity contribution >= 4 is 10.1 Å². The highest BCUT2D eigenvalue weighted by atomic mass is 32.2. The fourth-order valence-corrected chi connectivity index (χ4v) is 10.7. The lowest BCUT2D eigenvalue weighted by Gasteiger charge is -2.61. The number of fused-ring (bicyclic) bond motifs is 5. The van der Waals surface area contributed by atoms with Crippen LogP contribution < -0.4 is 0 Å². The predicted octanol–water partition coefficient (Wildman–Crippen LogP) is 7.27. The van der Waals surface area contributed by atoms with Crippen molar-refractivity contribution in [2.45, 2.75) is 115 Å². The Bertz CT molecular complexity index is 1080. The molecule has 4 aliphatic carbocycles. The number of rotatable bonds is 6. The topological polar surface area (TPSA) is 61.8 Å². The smallest absolute Gasteiger partial charge is 0.296 e. The molecule has 9 atom stereocenters. The van der Waals surface area contributed by atoms with Crippen molar-refractivity contribution in [3.63, 3.8) is 0 Å². The van der Waals surface area contributed by atoms with Crippen LogP contribution in [0.15, 0.2) is 29.2 Å². The van der Waals surface area contributed by atoms with Gasteiger partial charge in [-0.1, -0.05) is 31.5 Å². The number of hydrogen-bond acceptors (Lipinski definition) is 5. The van der Waals surface area contributed by atoms with E-state index in [1.54, 1.807) is 12.1 Å². The first-order chi connectivity index (χ1) is 18.2. The zero-order valence-electron chi connectivity index (χ0n) is 23.7. The van der Waals surface area contributed by atoms with E-state index in [0.29, 0.717) is 30.0 Å². The summed E-state index contributed by atoms with van der Waals surface area (Å²) in [5.41, 5.74) is 1.65. The summed E-state index contributed by atoms with van der Waals surface area (Å²) in [6.45, 7) is 8.20. The van der Waals surface area contributed by atoms with E-state index in [0.717, 1.165) is 42.8 Å². The largest absolute Gasteiger partial charge is 0.353 e. The molecule has 1 saturated heterocycles. The van der Waals surface area contributed by atoms with Crippen molar-refractivity contribution in [3.8, 4) is 0 Å². The van der Waals surface area contributed by atoms with Crippen molar-refractivity contribution in [1.82, 2.24) is 0 Å². The normalized spacial score (nSPS) is 43.2. The maximum atomic E-state index is 12.9. The summed E-state index contributed by atoms with van der Waals surface area (Å²) >= 11 is 0. The third-order valence-electron chi connectivity index (χ3n) is 12.0. The molecule has 6 heteroatoms. The van der Waals surface area contributed by atoms with E-state index in [-0.39, 0.29) is 16.6 Å².